The molecule has 0 saturated carbocycles. The maximum Gasteiger partial charge on any atom is 0.243 e. The molecule has 0 radical (unpaired) electrons. The molecule has 0 aromatic carbocycles. The van der Waals surface area contributed by atoms with Crippen LogP contribution in [0.5, 0.6) is 0 Å². The van der Waals surface area contributed by atoms with E-state index >= 15 is 0 Å². The summed E-state index contributed by atoms with van der Waals surface area (Å²) in [6, 6.07) is 3.15. The number of tetrazole rings is 1. The zero-order valence-electron chi connectivity index (χ0n) is 11.4. The first-order chi connectivity index (χ1) is 9.60. The van der Waals surface area contributed by atoms with Gasteiger partial charge < -0.3 is 14.8 Å². The van der Waals surface area contributed by atoms with Gasteiger partial charge in [0.05, 0.1) is 18.9 Å². The molecule has 0 aliphatic heterocycles. The molecular weight excluding hydrogens is 262 g/mol. The van der Waals surface area contributed by atoms with Gasteiger partial charge in [0.25, 0.3) is 0 Å². The predicted octanol–water partition coefficient (Wildman–Crippen LogP) is 0.0662. The van der Waals surface area contributed by atoms with Gasteiger partial charge in [-0.25, -0.2) is 0 Å². The van der Waals surface area contributed by atoms with Crippen molar-refractivity contribution in [3.63, 3.8) is 0 Å². The SMILES string of the molecule is CC(C)[C@@H](CO)NC(=O)Cn1nnc(-c2ccco2)n1. The molecule has 2 rings (SSSR count). The van der Waals surface area contributed by atoms with Crippen molar-refractivity contribution >= 4 is 5.91 Å². The average Bonchev–Trinajstić information content (AvgIpc) is 3.05. The second kappa shape index (κ2) is 6.29. The number of aromatic nitrogens is 4. The molecular formula is C12H17N5O3. The van der Waals surface area contributed by atoms with Crippen molar-refractivity contribution in [1.82, 2.24) is 25.5 Å². The van der Waals surface area contributed by atoms with E-state index in [-0.39, 0.29) is 31.0 Å². The van der Waals surface area contributed by atoms with E-state index < -0.39 is 0 Å². The van der Waals surface area contributed by atoms with E-state index in [0.717, 1.165) is 0 Å². The van der Waals surface area contributed by atoms with Gasteiger partial charge in [-0.3, -0.25) is 4.79 Å². The van der Waals surface area contributed by atoms with Crippen LogP contribution in [-0.2, 0) is 11.3 Å². The maximum atomic E-state index is 11.8. The first-order valence-electron chi connectivity index (χ1n) is 6.32. The van der Waals surface area contributed by atoms with Crippen molar-refractivity contribution in [2.75, 3.05) is 6.61 Å². The molecule has 1 amide bonds. The molecule has 0 aliphatic carbocycles. The summed E-state index contributed by atoms with van der Waals surface area (Å²) in [6.07, 6.45) is 1.51. The topological polar surface area (TPSA) is 106 Å². The van der Waals surface area contributed by atoms with Crippen LogP contribution in [0.3, 0.4) is 0 Å². The van der Waals surface area contributed by atoms with Crippen LogP contribution in [0.25, 0.3) is 11.6 Å². The highest BCUT2D eigenvalue weighted by Crippen LogP contribution is 2.12. The summed E-state index contributed by atoms with van der Waals surface area (Å²) in [4.78, 5) is 13.0. The normalized spacial score (nSPS) is 12.6. The van der Waals surface area contributed by atoms with Gasteiger partial charge in [-0.2, -0.15) is 4.80 Å². The summed E-state index contributed by atoms with van der Waals surface area (Å²) in [5.74, 6) is 0.685. The van der Waals surface area contributed by atoms with Gasteiger partial charge in [0.2, 0.25) is 11.7 Å². The molecule has 0 bridgehead atoms. The number of nitrogens with one attached hydrogen (secondary N) is 1. The molecule has 0 spiro atoms. The number of aliphatic hydroxyl groups is 1. The first-order valence-corrected chi connectivity index (χ1v) is 6.32. The fourth-order valence-corrected chi connectivity index (χ4v) is 1.62. The van der Waals surface area contributed by atoms with E-state index in [1.54, 1.807) is 12.1 Å². The molecule has 2 heterocycles. The van der Waals surface area contributed by atoms with Gasteiger partial charge in [0, 0.05) is 0 Å². The first kappa shape index (κ1) is 14.2. The Hall–Kier alpha value is -2.22. The summed E-state index contributed by atoms with van der Waals surface area (Å²) in [5.41, 5.74) is 0. The largest absolute Gasteiger partial charge is 0.461 e. The smallest absolute Gasteiger partial charge is 0.243 e. The number of rotatable bonds is 6. The van der Waals surface area contributed by atoms with Crippen LogP contribution in [0.1, 0.15) is 13.8 Å². The van der Waals surface area contributed by atoms with Crippen LogP contribution >= 0.6 is 0 Å². The van der Waals surface area contributed by atoms with E-state index in [4.69, 9.17) is 9.52 Å². The van der Waals surface area contributed by atoms with Crippen LogP contribution in [0.4, 0.5) is 0 Å². The quantitative estimate of drug-likeness (QED) is 0.775. The Balaban J connectivity index is 1.95. The Labute approximate surface area is 115 Å². The third-order valence-corrected chi connectivity index (χ3v) is 2.83. The zero-order chi connectivity index (χ0) is 14.5. The Morgan fingerprint density at radius 2 is 2.35 bits per heavy atom. The van der Waals surface area contributed by atoms with Gasteiger partial charge in [0.1, 0.15) is 6.54 Å². The Bertz CT molecular complexity index is 549. The van der Waals surface area contributed by atoms with Gasteiger partial charge in [0.15, 0.2) is 5.76 Å². The van der Waals surface area contributed by atoms with Gasteiger partial charge in [-0.15, -0.1) is 10.2 Å². The van der Waals surface area contributed by atoms with Crippen molar-refractivity contribution in [2.24, 2.45) is 5.92 Å². The molecule has 1 atom stereocenters. The van der Waals surface area contributed by atoms with E-state index in [1.807, 2.05) is 13.8 Å². The number of furan rings is 1. The van der Waals surface area contributed by atoms with Crippen molar-refractivity contribution in [3.05, 3.63) is 18.4 Å². The number of hydrogen-bond acceptors (Lipinski definition) is 6. The molecule has 2 N–H and O–H groups in total. The Morgan fingerprint density at radius 1 is 1.55 bits per heavy atom. The van der Waals surface area contributed by atoms with Crippen LogP contribution in [0, 0.1) is 5.92 Å². The molecule has 8 nitrogen and oxygen atoms in total. The second-order valence-electron chi connectivity index (χ2n) is 4.72. The molecule has 0 fully saturated rings. The molecule has 0 unspecified atom stereocenters. The fourth-order valence-electron chi connectivity index (χ4n) is 1.62. The minimum Gasteiger partial charge on any atom is -0.461 e. The number of amides is 1. The number of nitrogens with zero attached hydrogens (tertiary/aromatic N) is 4. The minimum atomic E-state index is -0.282. The average molecular weight is 279 g/mol. The second-order valence-corrected chi connectivity index (χ2v) is 4.72. The predicted molar refractivity (Wildman–Crippen MR) is 69.4 cm³/mol. The maximum absolute atomic E-state index is 11.8. The van der Waals surface area contributed by atoms with Crippen molar-refractivity contribution in [1.29, 1.82) is 0 Å². The van der Waals surface area contributed by atoms with Crippen LogP contribution < -0.4 is 5.32 Å². The summed E-state index contributed by atoms with van der Waals surface area (Å²) < 4.78 is 5.14. The summed E-state index contributed by atoms with van der Waals surface area (Å²) in [7, 11) is 0. The minimum absolute atomic E-state index is 0.0586. The lowest BCUT2D eigenvalue weighted by Gasteiger charge is -2.19. The highest BCUT2D eigenvalue weighted by atomic mass is 16.3. The number of carbonyl (C=O) groups excluding carboxylic acids is 1. The molecule has 2 aromatic heterocycles. The lowest BCUT2D eigenvalue weighted by atomic mass is 10.1. The summed E-state index contributed by atoms with van der Waals surface area (Å²) in [6.45, 7) is 3.68. The number of aliphatic hydroxyl groups excluding tert-OH is 1. The lowest BCUT2D eigenvalue weighted by Crippen LogP contribution is -2.42. The van der Waals surface area contributed by atoms with Crippen molar-refractivity contribution in [2.45, 2.75) is 26.4 Å². The van der Waals surface area contributed by atoms with Crippen LogP contribution in [0.2, 0.25) is 0 Å². The van der Waals surface area contributed by atoms with Crippen molar-refractivity contribution in [3.8, 4) is 11.6 Å². The Kier molecular flexibility index (Phi) is 4.46. The van der Waals surface area contributed by atoms with E-state index in [1.165, 1.54) is 11.1 Å². The zero-order valence-corrected chi connectivity index (χ0v) is 11.4. The van der Waals surface area contributed by atoms with Crippen molar-refractivity contribution < 1.29 is 14.3 Å². The van der Waals surface area contributed by atoms with Crippen LogP contribution in [-0.4, -0.2) is 43.9 Å². The highest BCUT2D eigenvalue weighted by Gasteiger charge is 2.16. The number of hydrogen-bond donors (Lipinski definition) is 2. The fraction of sp³-hybridized carbons (Fsp3) is 0.500. The molecule has 8 heteroatoms. The molecule has 2 aromatic rings. The van der Waals surface area contributed by atoms with E-state index in [0.29, 0.717) is 11.6 Å². The molecule has 0 aliphatic rings. The summed E-state index contributed by atoms with van der Waals surface area (Å²) >= 11 is 0. The Morgan fingerprint density at radius 3 is 2.95 bits per heavy atom. The lowest BCUT2D eigenvalue weighted by molar-refractivity contribution is -0.123. The third kappa shape index (κ3) is 3.41. The van der Waals surface area contributed by atoms with E-state index in [2.05, 4.69) is 20.7 Å². The third-order valence-electron chi connectivity index (χ3n) is 2.83. The molecule has 108 valence electrons. The highest BCUT2D eigenvalue weighted by molar-refractivity contribution is 5.75. The standard InChI is InChI=1S/C12H17N5O3/c1-8(2)9(7-18)13-11(19)6-17-15-12(14-16-17)10-4-3-5-20-10/h3-5,8-9,18H,6-7H2,1-2H3,(H,13,19)/t9-/m1/s1. The van der Waals surface area contributed by atoms with E-state index in [9.17, 15) is 4.79 Å². The molecule has 20 heavy (non-hydrogen) atoms. The number of carbonyl (C=O) groups is 1. The van der Waals surface area contributed by atoms with Gasteiger partial charge in [-0.1, -0.05) is 13.8 Å². The van der Waals surface area contributed by atoms with Crippen LogP contribution in [0.15, 0.2) is 22.8 Å². The monoisotopic (exact) mass is 279 g/mol. The molecule has 0 saturated heterocycles. The van der Waals surface area contributed by atoms with Gasteiger partial charge in [-0.05, 0) is 23.3 Å². The summed E-state index contributed by atoms with van der Waals surface area (Å²) in [5, 5.41) is 23.5. The van der Waals surface area contributed by atoms with Gasteiger partial charge >= 0.3 is 0 Å².